The van der Waals surface area contributed by atoms with Gasteiger partial charge in [0.05, 0.1) is 17.5 Å². The van der Waals surface area contributed by atoms with Crippen LogP contribution in [0.15, 0.2) is 65.6 Å². The lowest BCUT2D eigenvalue weighted by Gasteiger charge is -2.24. The standard InChI is InChI=1S/C31H31Cl2N5O4S.2CH4O3S/c1-18-15-19(2)37-29-22(18)5-3-7-26(29)42-17-23-24(32)12-13-27(28(23)33)43(40,41)38-14-4-6-25(38)31(39)36-16-20-8-10-21(11-9-20)30(34)35;2*1-5(2,3)4/h3,5,7-13,15,25H,4,6,14,16-17H2,1-2H3,(H3,34,35)(H,36,39);2*1H3,(H,2,3,4)/t25-;;/m0../s1. The molecule has 5 rings (SSSR count). The van der Waals surface area contributed by atoms with Crippen molar-refractivity contribution in [3.63, 3.8) is 0 Å². The number of rotatable bonds is 9. The summed E-state index contributed by atoms with van der Waals surface area (Å²) in [6.45, 7) is 4.21. The molecule has 6 N–H and O–H groups in total. The molecule has 1 saturated heterocycles. The number of nitrogen functional groups attached to an aromatic ring is 1. The predicted molar refractivity (Wildman–Crippen MR) is 203 cm³/mol. The molecule has 4 aromatic rings. The van der Waals surface area contributed by atoms with Crippen LogP contribution in [-0.2, 0) is 48.2 Å². The lowest BCUT2D eigenvalue weighted by molar-refractivity contribution is -0.124. The highest BCUT2D eigenvalue weighted by Crippen LogP contribution is 2.36. The van der Waals surface area contributed by atoms with Crippen molar-refractivity contribution in [1.82, 2.24) is 14.6 Å². The summed E-state index contributed by atoms with van der Waals surface area (Å²) >= 11 is 13.2. The molecule has 1 amide bonds. The van der Waals surface area contributed by atoms with Gasteiger partial charge in [0.15, 0.2) is 0 Å². The fourth-order valence-corrected chi connectivity index (χ4v) is 7.78. The third-order valence-corrected chi connectivity index (χ3v) is 10.3. The van der Waals surface area contributed by atoms with Gasteiger partial charge < -0.3 is 15.8 Å². The SMILES string of the molecule is CS(=O)(=O)O.CS(=O)(=O)O.Cc1cc(C)c2cccc(OCc3c(Cl)ccc(S(=O)(=O)N4CCC[C@H]4C(=O)NCc4ccc(C(=N)N)cc4)c3Cl)c2n1. The van der Waals surface area contributed by atoms with E-state index in [2.05, 4.69) is 10.3 Å². The van der Waals surface area contributed by atoms with Gasteiger partial charge in [-0.25, -0.2) is 13.4 Å². The van der Waals surface area contributed by atoms with Crippen molar-refractivity contribution in [3.05, 3.63) is 98.7 Å². The molecule has 0 bridgehead atoms. The van der Waals surface area contributed by atoms with Crippen LogP contribution in [0.4, 0.5) is 0 Å². The zero-order valence-electron chi connectivity index (χ0n) is 29.0. The molecule has 0 radical (unpaired) electrons. The van der Waals surface area contributed by atoms with Crippen LogP contribution in [0.3, 0.4) is 0 Å². The first-order chi connectivity index (χ1) is 24.5. The summed E-state index contributed by atoms with van der Waals surface area (Å²) in [6, 6.07) is 16.5. The number of aromatic nitrogens is 1. The Morgan fingerprint density at radius 2 is 1.60 bits per heavy atom. The van der Waals surface area contributed by atoms with Crippen LogP contribution in [0.2, 0.25) is 10.0 Å². The summed E-state index contributed by atoms with van der Waals surface area (Å²) < 4.78 is 86.8. The number of carbonyl (C=O) groups excluding carboxylic acids is 1. The molecule has 0 saturated carbocycles. The number of nitrogens with one attached hydrogen (secondary N) is 2. The number of pyridine rings is 1. The minimum atomic E-state index is -4.15. The molecule has 53 heavy (non-hydrogen) atoms. The highest BCUT2D eigenvalue weighted by molar-refractivity contribution is 7.89. The van der Waals surface area contributed by atoms with E-state index >= 15 is 0 Å². The number of carbonyl (C=O) groups is 1. The van der Waals surface area contributed by atoms with Crippen molar-refractivity contribution < 1.29 is 43.9 Å². The van der Waals surface area contributed by atoms with E-state index in [0.29, 0.717) is 47.7 Å². The molecule has 0 unspecified atom stereocenters. The monoisotopic (exact) mass is 831 g/mol. The minimum absolute atomic E-state index is 0.0475. The molecule has 0 spiro atoms. The number of para-hydroxylation sites is 1. The molecule has 1 aromatic heterocycles. The van der Waals surface area contributed by atoms with E-state index in [9.17, 15) is 30.0 Å². The quantitative estimate of drug-likeness (QED) is 0.0889. The molecule has 288 valence electrons. The zero-order valence-corrected chi connectivity index (χ0v) is 33.0. The first-order valence-electron chi connectivity index (χ1n) is 15.5. The number of halogens is 2. The Morgan fingerprint density at radius 1 is 1.00 bits per heavy atom. The molecular weight excluding hydrogens is 793 g/mol. The molecule has 2 heterocycles. The van der Waals surface area contributed by atoms with E-state index in [1.807, 2.05) is 32.0 Å². The van der Waals surface area contributed by atoms with Crippen LogP contribution in [-0.4, -0.2) is 80.5 Å². The maximum Gasteiger partial charge on any atom is 0.261 e. The number of aryl methyl sites for hydroxylation is 2. The largest absolute Gasteiger partial charge is 0.487 e. The number of amides is 1. The summed E-state index contributed by atoms with van der Waals surface area (Å²) in [5.74, 6) is 0.0741. The molecule has 0 aliphatic carbocycles. The normalized spacial score (nSPS) is 14.8. The topological polar surface area (TPSA) is 247 Å². The van der Waals surface area contributed by atoms with E-state index in [4.69, 9.17) is 48.2 Å². The number of hydrogen-bond donors (Lipinski definition) is 5. The van der Waals surface area contributed by atoms with Gasteiger partial charge in [-0.3, -0.25) is 19.3 Å². The Balaban J connectivity index is 0.000000669. The Kier molecular flexibility index (Phi) is 14.8. The van der Waals surface area contributed by atoms with Crippen LogP contribution in [0.5, 0.6) is 5.75 Å². The third kappa shape index (κ3) is 12.9. The average Bonchev–Trinajstić information content (AvgIpc) is 3.54. The molecule has 1 aliphatic rings. The van der Waals surface area contributed by atoms with E-state index < -0.39 is 42.2 Å². The molecule has 20 heteroatoms. The van der Waals surface area contributed by atoms with Crippen molar-refractivity contribution in [2.24, 2.45) is 5.73 Å². The van der Waals surface area contributed by atoms with Gasteiger partial charge in [0.25, 0.3) is 20.2 Å². The number of nitrogens with two attached hydrogens (primary N) is 1. The van der Waals surface area contributed by atoms with Crippen molar-refractivity contribution >= 4 is 76.1 Å². The predicted octanol–water partition coefficient (Wildman–Crippen LogP) is 4.50. The van der Waals surface area contributed by atoms with Crippen molar-refractivity contribution in [2.45, 2.75) is 50.8 Å². The van der Waals surface area contributed by atoms with Crippen LogP contribution in [0.1, 0.15) is 40.8 Å². The second kappa shape index (κ2) is 18.0. The fraction of sp³-hybridized carbons (Fsp3) is 0.303. The summed E-state index contributed by atoms with van der Waals surface area (Å²) in [7, 11) is -11.5. The number of hydrogen-bond acceptors (Lipinski definition) is 10. The van der Waals surface area contributed by atoms with Gasteiger partial charge in [0, 0.05) is 40.3 Å². The first kappa shape index (κ1) is 43.5. The van der Waals surface area contributed by atoms with Crippen molar-refractivity contribution in [1.29, 1.82) is 5.41 Å². The van der Waals surface area contributed by atoms with Gasteiger partial charge >= 0.3 is 0 Å². The molecule has 1 fully saturated rings. The Bertz CT molecular complexity index is 2280. The van der Waals surface area contributed by atoms with Crippen LogP contribution in [0.25, 0.3) is 10.9 Å². The molecule has 3 aromatic carbocycles. The lowest BCUT2D eigenvalue weighted by atomic mass is 10.1. The number of nitrogens with zero attached hydrogens (tertiary/aromatic N) is 2. The highest BCUT2D eigenvalue weighted by atomic mass is 35.5. The lowest BCUT2D eigenvalue weighted by Crippen LogP contribution is -2.45. The van der Waals surface area contributed by atoms with Crippen molar-refractivity contribution in [2.75, 3.05) is 19.1 Å². The van der Waals surface area contributed by atoms with Crippen molar-refractivity contribution in [3.8, 4) is 5.75 Å². The van der Waals surface area contributed by atoms with Gasteiger partial charge in [-0.05, 0) is 62.1 Å². The summed E-state index contributed by atoms with van der Waals surface area (Å²) in [6.07, 6.45) is 2.33. The van der Waals surface area contributed by atoms with E-state index in [-0.39, 0.29) is 40.5 Å². The number of ether oxygens (including phenoxy) is 1. The Morgan fingerprint density at radius 3 is 2.19 bits per heavy atom. The number of benzene rings is 3. The number of sulfonamides is 1. The van der Waals surface area contributed by atoms with Gasteiger partial charge in [0.1, 0.15) is 34.6 Å². The van der Waals surface area contributed by atoms with Gasteiger partial charge in [-0.15, -0.1) is 0 Å². The number of amidine groups is 1. The fourth-order valence-electron chi connectivity index (χ4n) is 5.25. The van der Waals surface area contributed by atoms with Gasteiger partial charge in [-0.2, -0.15) is 21.1 Å². The Labute approximate surface area is 318 Å². The smallest absolute Gasteiger partial charge is 0.261 e. The van der Waals surface area contributed by atoms with E-state index in [0.717, 1.165) is 22.2 Å². The maximum absolute atomic E-state index is 13.9. The molecular formula is C33H39Cl2N5O10S3. The molecule has 15 nitrogen and oxygen atoms in total. The summed E-state index contributed by atoms with van der Waals surface area (Å²) in [5.41, 5.74) is 9.79. The average molecular weight is 833 g/mol. The van der Waals surface area contributed by atoms with Crippen LogP contribution in [0, 0.1) is 19.3 Å². The van der Waals surface area contributed by atoms with Gasteiger partial charge in [0.2, 0.25) is 15.9 Å². The highest BCUT2D eigenvalue weighted by Gasteiger charge is 2.40. The minimum Gasteiger partial charge on any atom is -0.487 e. The number of fused-ring (bicyclic) bond motifs is 1. The van der Waals surface area contributed by atoms with E-state index in [1.54, 1.807) is 30.3 Å². The van der Waals surface area contributed by atoms with Gasteiger partial charge in [-0.1, -0.05) is 59.6 Å². The zero-order chi connectivity index (χ0) is 39.9. The summed E-state index contributed by atoms with van der Waals surface area (Å²) in [4.78, 5) is 17.6. The molecule has 1 aliphatic heterocycles. The first-order valence-corrected chi connectivity index (χ1v) is 21.4. The summed E-state index contributed by atoms with van der Waals surface area (Å²) in [5, 5.41) is 11.5. The molecule has 1 atom stereocenters. The second-order valence-corrected chi connectivity index (χ2v) is 17.5. The van der Waals surface area contributed by atoms with Crippen LogP contribution >= 0.6 is 23.2 Å². The maximum atomic E-state index is 13.9. The second-order valence-electron chi connectivity index (χ2n) is 11.9. The Hall–Kier alpha value is -3.88. The third-order valence-electron chi connectivity index (χ3n) is 7.48. The van der Waals surface area contributed by atoms with E-state index in [1.165, 1.54) is 16.4 Å². The van der Waals surface area contributed by atoms with Crippen LogP contribution < -0.4 is 15.8 Å².